The van der Waals surface area contributed by atoms with E-state index in [0.29, 0.717) is 19.0 Å². The fraction of sp³-hybridized carbons (Fsp3) is 0.111. The summed E-state index contributed by atoms with van der Waals surface area (Å²) in [4.78, 5) is 8.50. The van der Waals surface area contributed by atoms with Crippen LogP contribution in [0.4, 0.5) is 0 Å². The first-order chi connectivity index (χ1) is 15.7. The Morgan fingerprint density at radius 3 is 2.31 bits per heavy atom. The van der Waals surface area contributed by atoms with E-state index in [0.717, 1.165) is 33.0 Å². The molecule has 0 amide bonds. The lowest BCUT2D eigenvalue weighted by molar-refractivity contribution is 0.220. The topological polar surface area (TPSA) is 70.3 Å². The average Bonchev–Trinajstić information content (AvgIpc) is 2.86. The second kappa shape index (κ2) is 9.04. The Morgan fingerprint density at radius 1 is 0.625 bits per heavy atom. The van der Waals surface area contributed by atoms with Crippen LogP contribution >= 0.6 is 0 Å². The molecule has 0 saturated heterocycles. The molecule has 32 heavy (non-hydrogen) atoms. The Morgan fingerprint density at radius 2 is 1.41 bits per heavy atom. The van der Waals surface area contributed by atoms with Crippen molar-refractivity contribution in [1.82, 2.24) is 9.97 Å². The minimum atomic E-state index is -0.265. The summed E-state index contributed by atoms with van der Waals surface area (Å²) in [6.45, 7) is 0.701. The maximum Gasteiger partial charge on any atom is 0.138 e. The van der Waals surface area contributed by atoms with Crippen molar-refractivity contribution >= 4 is 21.5 Å². The van der Waals surface area contributed by atoms with Crippen LogP contribution in [0, 0.1) is 0 Å². The largest absolute Gasteiger partial charge is 0.492 e. The minimum Gasteiger partial charge on any atom is -0.492 e. The van der Waals surface area contributed by atoms with Crippen LogP contribution in [0.15, 0.2) is 97.6 Å². The minimum absolute atomic E-state index is 0.265. The van der Waals surface area contributed by atoms with E-state index in [1.165, 1.54) is 5.39 Å². The molecular weight excluding hydrogens is 398 g/mol. The number of pyridine rings is 2. The number of hydrogen-bond donors (Lipinski definition) is 1. The van der Waals surface area contributed by atoms with Gasteiger partial charge in [-0.05, 0) is 52.1 Å². The van der Waals surface area contributed by atoms with Gasteiger partial charge in [0, 0.05) is 29.5 Å². The van der Waals surface area contributed by atoms with E-state index in [2.05, 4.69) is 40.3 Å². The van der Waals surface area contributed by atoms with Crippen molar-refractivity contribution < 1.29 is 9.47 Å². The van der Waals surface area contributed by atoms with Gasteiger partial charge in [-0.3, -0.25) is 9.97 Å². The molecule has 2 heterocycles. The molecule has 0 fully saturated rings. The molecule has 5 aromatic rings. The Hall–Kier alpha value is -3.96. The third-order valence-corrected chi connectivity index (χ3v) is 5.34. The number of aromatic nitrogens is 2. The van der Waals surface area contributed by atoms with E-state index < -0.39 is 0 Å². The highest BCUT2D eigenvalue weighted by Crippen LogP contribution is 2.26. The fourth-order valence-electron chi connectivity index (χ4n) is 3.63. The molecule has 0 aliphatic rings. The summed E-state index contributed by atoms with van der Waals surface area (Å²) in [6.07, 6.45) is 7.19. The number of ether oxygens (including phenoxy) is 2. The summed E-state index contributed by atoms with van der Waals surface area (Å²) < 4.78 is 11.8. The zero-order valence-corrected chi connectivity index (χ0v) is 17.5. The summed E-state index contributed by atoms with van der Waals surface area (Å²) in [7, 11) is 0. The zero-order valence-electron chi connectivity index (χ0n) is 17.5. The van der Waals surface area contributed by atoms with Gasteiger partial charge in [-0.1, -0.05) is 42.5 Å². The highest BCUT2D eigenvalue weighted by atomic mass is 16.5. The molecule has 158 valence electrons. The predicted molar refractivity (Wildman–Crippen MR) is 128 cm³/mol. The highest BCUT2D eigenvalue weighted by molar-refractivity contribution is 5.86. The smallest absolute Gasteiger partial charge is 0.138 e. The molecule has 0 aliphatic heterocycles. The molecule has 3 aromatic carbocycles. The van der Waals surface area contributed by atoms with Gasteiger partial charge in [0.2, 0.25) is 0 Å². The van der Waals surface area contributed by atoms with Crippen molar-refractivity contribution in [1.29, 1.82) is 0 Å². The van der Waals surface area contributed by atoms with Gasteiger partial charge in [0.15, 0.2) is 0 Å². The first kappa shape index (κ1) is 20.0. The number of rotatable bonds is 7. The molecular formula is C27H23N3O2. The summed E-state index contributed by atoms with van der Waals surface area (Å²) >= 11 is 0. The van der Waals surface area contributed by atoms with Gasteiger partial charge in [0.05, 0.1) is 12.2 Å². The van der Waals surface area contributed by atoms with Crippen LogP contribution in [0.2, 0.25) is 0 Å². The molecule has 1 atom stereocenters. The normalized spacial score (nSPS) is 12.0. The predicted octanol–water partition coefficient (Wildman–Crippen LogP) is 5.24. The van der Waals surface area contributed by atoms with Gasteiger partial charge in [-0.25, -0.2) is 0 Å². The van der Waals surface area contributed by atoms with Crippen molar-refractivity contribution in [2.75, 3.05) is 13.2 Å². The molecule has 0 bridgehead atoms. The summed E-state index contributed by atoms with van der Waals surface area (Å²) in [6, 6.07) is 24.2. The number of fused-ring (bicyclic) bond motifs is 2. The first-order valence-electron chi connectivity index (χ1n) is 10.5. The molecule has 2 N–H and O–H groups in total. The number of benzene rings is 3. The number of nitrogens with zero attached hydrogens (tertiary/aromatic N) is 2. The van der Waals surface area contributed by atoms with E-state index in [9.17, 15) is 0 Å². The van der Waals surface area contributed by atoms with Gasteiger partial charge in [0.1, 0.15) is 24.7 Å². The molecule has 5 heteroatoms. The van der Waals surface area contributed by atoms with Crippen molar-refractivity contribution in [2.24, 2.45) is 5.73 Å². The summed E-state index contributed by atoms with van der Waals surface area (Å²) in [5.74, 6) is 1.48. The van der Waals surface area contributed by atoms with Crippen LogP contribution in [0.1, 0.15) is 0 Å². The Balaban J connectivity index is 1.20. The van der Waals surface area contributed by atoms with Crippen LogP contribution < -0.4 is 15.2 Å². The Bertz CT molecular complexity index is 1370. The maximum absolute atomic E-state index is 6.22. The molecule has 1 unspecified atom stereocenters. The van der Waals surface area contributed by atoms with E-state index in [4.69, 9.17) is 15.2 Å². The lowest BCUT2D eigenvalue weighted by Gasteiger charge is -2.15. The van der Waals surface area contributed by atoms with Gasteiger partial charge >= 0.3 is 0 Å². The van der Waals surface area contributed by atoms with Crippen LogP contribution in [-0.2, 0) is 0 Å². The lowest BCUT2D eigenvalue weighted by Crippen LogP contribution is -2.34. The Kier molecular flexibility index (Phi) is 5.64. The van der Waals surface area contributed by atoms with E-state index in [1.54, 1.807) is 12.4 Å². The molecule has 0 radical (unpaired) electrons. The highest BCUT2D eigenvalue weighted by Gasteiger charge is 2.08. The summed E-state index contributed by atoms with van der Waals surface area (Å²) in [5.41, 5.74) is 8.28. The van der Waals surface area contributed by atoms with Gasteiger partial charge in [0.25, 0.3) is 0 Å². The van der Waals surface area contributed by atoms with Crippen LogP contribution in [0.3, 0.4) is 0 Å². The summed E-state index contributed by atoms with van der Waals surface area (Å²) in [5, 5.41) is 4.57. The second-order valence-electron chi connectivity index (χ2n) is 7.74. The van der Waals surface area contributed by atoms with Crippen LogP contribution in [0.25, 0.3) is 32.7 Å². The van der Waals surface area contributed by atoms with Gasteiger partial charge < -0.3 is 15.2 Å². The van der Waals surface area contributed by atoms with Crippen molar-refractivity contribution in [3.63, 3.8) is 0 Å². The monoisotopic (exact) mass is 421 g/mol. The molecule has 5 nitrogen and oxygen atoms in total. The van der Waals surface area contributed by atoms with E-state index in [1.807, 2.05) is 54.9 Å². The maximum atomic E-state index is 6.22. The lowest BCUT2D eigenvalue weighted by atomic mass is 10.0. The van der Waals surface area contributed by atoms with Crippen molar-refractivity contribution in [3.8, 4) is 22.6 Å². The molecule has 0 saturated carbocycles. The SMILES string of the molecule is NC(COc1cncc(-c2ccc3cnccc3c2)c1)COc1ccc2ccccc2c1. The molecule has 2 aromatic heterocycles. The standard InChI is InChI=1S/C27H23N3O2/c28-25(17-31-26-8-7-19-3-1-2-4-20(19)12-26)18-32-27-13-24(15-30-16-27)21-5-6-23-14-29-10-9-22(23)11-21/h1-16,25H,17-18,28H2. The number of hydrogen-bond acceptors (Lipinski definition) is 5. The van der Waals surface area contributed by atoms with Crippen molar-refractivity contribution in [2.45, 2.75) is 6.04 Å². The third kappa shape index (κ3) is 4.53. The molecule has 0 aliphatic carbocycles. The van der Waals surface area contributed by atoms with Crippen molar-refractivity contribution in [3.05, 3.63) is 97.6 Å². The molecule has 0 spiro atoms. The van der Waals surface area contributed by atoms with E-state index in [-0.39, 0.29) is 6.04 Å². The van der Waals surface area contributed by atoms with Gasteiger partial charge in [-0.15, -0.1) is 0 Å². The molecule has 5 rings (SSSR count). The third-order valence-electron chi connectivity index (χ3n) is 5.34. The fourth-order valence-corrected chi connectivity index (χ4v) is 3.63. The quantitative estimate of drug-likeness (QED) is 0.389. The second-order valence-corrected chi connectivity index (χ2v) is 7.74. The Labute approximate surface area is 186 Å². The van der Waals surface area contributed by atoms with Crippen LogP contribution in [-0.4, -0.2) is 29.2 Å². The average molecular weight is 422 g/mol. The van der Waals surface area contributed by atoms with Gasteiger partial charge in [-0.2, -0.15) is 0 Å². The number of nitrogens with two attached hydrogens (primary N) is 1. The first-order valence-corrected chi connectivity index (χ1v) is 10.5. The van der Waals surface area contributed by atoms with Crippen LogP contribution in [0.5, 0.6) is 11.5 Å². The van der Waals surface area contributed by atoms with E-state index >= 15 is 0 Å². The zero-order chi connectivity index (χ0) is 21.8.